The second kappa shape index (κ2) is 11.5. The number of aliphatic hydroxyl groups excluding tert-OH is 1. The molecule has 1 saturated carbocycles. The van der Waals surface area contributed by atoms with Crippen molar-refractivity contribution in [2.24, 2.45) is 11.8 Å². The van der Waals surface area contributed by atoms with Crippen molar-refractivity contribution in [3.8, 4) is 23.0 Å². The minimum atomic E-state index is -0.536. The molecule has 2 fully saturated rings. The summed E-state index contributed by atoms with van der Waals surface area (Å²) >= 11 is 0. The van der Waals surface area contributed by atoms with Gasteiger partial charge in [0.15, 0.2) is 11.5 Å². The van der Waals surface area contributed by atoms with Gasteiger partial charge in [-0.1, -0.05) is 37.6 Å². The van der Waals surface area contributed by atoms with Gasteiger partial charge in [0.1, 0.15) is 5.75 Å². The zero-order valence-corrected chi connectivity index (χ0v) is 23.0. The van der Waals surface area contributed by atoms with Gasteiger partial charge in [0.05, 0.1) is 25.4 Å². The molecule has 1 aliphatic carbocycles. The number of aromatic hydroxyl groups is 3. The van der Waals surface area contributed by atoms with E-state index in [1.165, 1.54) is 12.7 Å². The number of nitrogens with zero attached hydrogens (tertiary/aromatic N) is 1. The molecule has 1 aromatic heterocycles. The van der Waals surface area contributed by atoms with E-state index in [1.807, 2.05) is 18.2 Å². The molecule has 2 aromatic carbocycles. The number of aryl methyl sites for hydroxylation is 1. The Morgan fingerprint density at radius 1 is 1.05 bits per heavy atom. The molecular weight excluding hydrogens is 494 g/mol. The molecule has 0 bridgehead atoms. The summed E-state index contributed by atoms with van der Waals surface area (Å²) in [6.45, 7) is 4.38. The molecular formula is C32H40NO6-. The van der Waals surface area contributed by atoms with Crippen LogP contribution in [-0.4, -0.2) is 39.7 Å². The van der Waals surface area contributed by atoms with Crippen LogP contribution in [0.3, 0.4) is 0 Å². The van der Waals surface area contributed by atoms with Gasteiger partial charge in [-0.3, -0.25) is 0 Å². The third-order valence-electron chi connectivity index (χ3n) is 8.62. The topological polar surface area (TPSA) is 113 Å². The van der Waals surface area contributed by atoms with Crippen molar-refractivity contribution >= 4 is 0 Å². The van der Waals surface area contributed by atoms with Crippen LogP contribution in [0.1, 0.15) is 85.8 Å². The quantitative estimate of drug-likeness (QED) is 0.273. The molecule has 1 aliphatic heterocycles. The van der Waals surface area contributed by atoms with Crippen LogP contribution < -0.4 is 9.72 Å². The van der Waals surface area contributed by atoms with E-state index in [2.05, 4.69) is 24.9 Å². The van der Waals surface area contributed by atoms with Crippen LogP contribution in [0.25, 0.3) is 0 Å². The van der Waals surface area contributed by atoms with Gasteiger partial charge in [-0.2, -0.15) is 12.4 Å². The molecule has 3 aromatic rings. The van der Waals surface area contributed by atoms with Crippen molar-refractivity contribution < 1.29 is 29.9 Å². The second-order valence-corrected chi connectivity index (χ2v) is 11.7. The fourth-order valence-electron chi connectivity index (χ4n) is 6.43. The van der Waals surface area contributed by atoms with Crippen LogP contribution in [0.5, 0.6) is 23.0 Å². The van der Waals surface area contributed by atoms with E-state index in [-0.39, 0.29) is 35.2 Å². The van der Waals surface area contributed by atoms with Crippen LogP contribution in [0.15, 0.2) is 42.7 Å². The summed E-state index contributed by atoms with van der Waals surface area (Å²) in [4.78, 5) is 4.15. The van der Waals surface area contributed by atoms with E-state index in [0.717, 1.165) is 48.8 Å². The molecule has 5 rings (SSSR count). The number of phenolic OH excluding ortho intramolecular Hbond substituents is 3. The maximum atomic E-state index is 11.2. The number of aromatic nitrogens is 1. The molecule has 0 radical (unpaired) electrons. The molecule has 7 heteroatoms. The standard InChI is InChI=1S/C32H40NO6/c1-18(2)4-5-22-13-20(7-9-26(22)34)21-6-8-23-27(35)16-30(39-29(23)14-21)24-15-28(36)31(37)32(38-3)25(24)12-19-10-11-33-17-19/h7,9-11,13,15,17-18,21,23,27,29-30,34-37H,4-6,8,12,14,16H2,1-3H3/q-1/t21-,23+,27+,29+,30+/m1/s1. The summed E-state index contributed by atoms with van der Waals surface area (Å²) in [5.41, 5.74) is 4.58. The SMILES string of the molecule is COc1c(O)c(O)cc([C@@H]2C[C@H](O)[C@@H]3CC[C@@H](c4ccc(O)c(CCC(C)C)c4)C[C@@H]3O2)c1Cc1cc[n-]c1. The Kier molecular flexibility index (Phi) is 8.10. The summed E-state index contributed by atoms with van der Waals surface area (Å²) in [5, 5.41) is 42.7. The summed E-state index contributed by atoms with van der Waals surface area (Å²) < 4.78 is 12.2. The van der Waals surface area contributed by atoms with Crippen molar-refractivity contribution in [1.82, 2.24) is 4.98 Å². The summed E-state index contributed by atoms with van der Waals surface area (Å²) in [6, 6.07) is 9.42. The fourth-order valence-corrected chi connectivity index (χ4v) is 6.43. The van der Waals surface area contributed by atoms with E-state index in [4.69, 9.17) is 9.47 Å². The summed E-state index contributed by atoms with van der Waals surface area (Å²) in [5.74, 6) is 0.876. The van der Waals surface area contributed by atoms with Crippen LogP contribution in [0.2, 0.25) is 0 Å². The third kappa shape index (κ3) is 5.75. The number of hydrogen-bond donors (Lipinski definition) is 4. The Balaban J connectivity index is 1.41. The molecule has 1 saturated heterocycles. The lowest BCUT2D eigenvalue weighted by molar-refractivity contribution is -0.154. The maximum absolute atomic E-state index is 11.2. The first-order chi connectivity index (χ1) is 18.7. The number of benzene rings is 2. The molecule has 2 aliphatic rings. The predicted octanol–water partition coefficient (Wildman–Crippen LogP) is 5.72. The number of fused-ring (bicyclic) bond motifs is 1. The van der Waals surface area contributed by atoms with Crippen molar-refractivity contribution in [1.29, 1.82) is 0 Å². The predicted molar refractivity (Wildman–Crippen MR) is 148 cm³/mol. The number of methoxy groups -OCH3 is 1. The molecule has 7 nitrogen and oxygen atoms in total. The molecule has 0 unspecified atom stereocenters. The molecule has 0 spiro atoms. The molecule has 4 N–H and O–H groups in total. The van der Waals surface area contributed by atoms with Gasteiger partial charge in [0.25, 0.3) is 0 Å². The summed E-state index contributed by atoms with van der Waals surface area (Å²) in [6.07, 6.45) is 7.66. The summed E-state index contributed by atoms with van der Waals surface area (Å²) in [7, 11) is 1.47. The van der Waals surface area contributed by atoms with Crippen molar-refractivity contribution in [2.45, 2.75) is 83.0 Å². The lowest BCUT2D eigenvalue weighted by Gasteiger charge is -2.45. The number of hydrogen-bond acceptors (Lipinski definition) is 6. The van der Waals surface area contributed by atoms with E-state index < -0.39 is 12.2 Å². The lowest BCUT2D eigenvalue weighted by atomic mass is 9.71. The highest BCUT2D eigenvalue weighted by molar-refractivity contribution is 5.59. The lowest BCUT2D eigenvalue weighted by Crippen LogP contribution is -2.44. The van der Waals surface area contributed by atoms with Gasteiger partial charge in [0.2, 0.25) is 5.75 Å². The zero-order chi connectivity index (χ0) is 27.7. The zero-order valence-electron chi connectivity index (χ0n) is 23.0. The Morgan fingerprint density at radius 3 is 2.59 bits per heavy atom. The first-order valence-electron chi connectivity index (χ1n) is 14.1. The van der Waals surface area contributed by atoms with Gasteiger partial charge in [-0.15, -0.1) is 0 Å². The highest BCUT2D eigenvalue weighted by Crippen LogP contribution is 2.50. The normalized spacial score (nSPS) is 25.0. The molecule has 210 valence electrons. The van der Waals surface area contributed by atoms with E-state index in [9.17, 15) is 20.4 Å². The van der Waals surface area contributed by atoms with Crippen LogP contribution in [0, 0.1) is 11.8 Å². The van der Waals surface area contributed by atoms with Crippen molar-refractivity contribution in [3.05, 3.63) is 70.5 Å². The van der Waals surface area contributed by atoms with Crippen molar-refractivity contribution in [3.63, 3.8) is 0 Å². The van der Waals surface area contributed by atoms with Gasteiger partial charge < -0.3 is 34.9 Å². The van der Waals surface area contributed by atoms with Gasteiger partial charge in [0, 0.05) is 17.9 Å². The maximum Gasteiger partial charge on any atom is 0.200 e. The average Bonchev–Trinajstić information content (AvgIpc) is 3.43. The van der Waals surface area contributed by atoms with Gasteiger partial charge in [-0.05, 0) is 79.2 Å². The van der Waals surface area contributed by atoms with E-state index in [1.54, 1.807) is 18.5 Å². The Hall–Kier alpha value is -3.16. The van der Waals surface area contributed by atoms with E-state index in [0.29, 0.717) is 30.1 Å². The molecule has 2 heterocycles. The second-order valence-electron chi connectivity index (χ2n) is 11.7. The fraction of sp³-hybridized carbons (Fsp3) is 0.500. The Bertz CT molecular complexity index is 1270. The van der Waals surface area contributed by atoms with Crippen LogP contribution >= 0.6 is 0 Å². The first-order valence-corrected chi connectivity index (χ1v) is 14.1. The largest absolute Gasteiger partial charge is 0.670 e. The minimum absolute atomic E-state index is 0.0466. The van der Waals surface area contributed by atoms with Gasteiger partial charge in [-0.25, -0.2) is 0 Å². The highest BCUT2D eigenvalue weighted by Gasteiger charge is 2.43. The van der Waals surface area contributed by atoms with E-state index >= 15 is 0 Å². The third-order valence-corrected chi connectivity index (χ3v) is 8.62. The van der Waals surface area contributed by atoms with Crippen LogP contribution in [-0.2, 0) is 17.6 Å². The molecule has 0 amide bonds. The first kappa shape index (κ1) is 27.4. The molecule has 39 heavy (non-hydrogen) atoms. The number of aliphatic hydroxyl groups is 1. The van der Waals surface area contributed by atoms with Crippen LogP contribution in [0.4, 0.5) is 0 Å². The number of rotatable bonds is 8. The van der Waals surface area contributed by atoms with Gasteiger partial charge >= 0.3 is 0 Å². The number of ether oxygens (including phenoxy) is 2. The minimum Gasteiger partial charge on any atom is -0.670 e. The molecule has 5 atom stereocenters. The Labute approximate surface area is 230 Å². The Morgan fingerprint density at radius 2 is 1.87 bits per heavy atom. The highest BCUT2D eigenvalue weighted by atomic mass is 16.5. The monoisotopic (exact) mass is 534 g/mol. The van der Waals surface area contributed by atoms with Crippen molar-refractivity contribution in [2.75, 3.05) is 7.11 Å². The average molecular weight is 535 g/mol. The smallest absolute Gasteiger partial charge is 0.200 e. The number of phenols is 3.